The van der Waals surface area contributed by atoms with E-state index in [9.17, 15) is 16.8 Å². The summed E-state index contributed by atoms with van der Waals surface area (Å²) in [4.78, 5) is 0. The highest BCUT2D eigenvalue weighted by Gasteiger charge is 1.94. The summed E-state index contributed by atoms with van der Waals surface area (Å²) in [5, 5.41) is 4.65. The molecule has 18 heavy (non-hydrogen) atoms. The molecule has 0 aromatic carbocycles. The molecular formula is C12H18O4S2. The fourth-order valence-corrected chi connectivity index (χ4v) is 2.29. The SMILES string of the molecule is CC(=C=S(=O)=O)CCCCCCC(C)=C=S(=O)=O. The molecule has 0 amide bonds. The maximum absolute atomic E-state index is 10.3. The zero-order valence-corrected chi connectivity index (χ0v) is 12.3. The van der Waals surface area contributed by atoms with Gasteiger partial charge in [-0.3, -0.25) is 0 Å². The molecule has 0 bridgehead atoms. The Morgan fingerprint density at radius 1 is 0.722 bits per heavy atom. The minimum absolute atomic E-state index is 0.736. The maximum Gasteiger partial charge on any atom is 0.260 e. The average Bonchev–Trinajstić information content (AvgIpc) is 2.20. The molecule has 0 fully saturated rings. The van der Waals surface area contributed by atoms with Crippen LogP contribution in [0.5, 0.6) is 0 Å². The van der Waals surface area contributed by atoms with Crippen LogP contribution in [0, 0.1) is 0 Å². The van der Waals surface area contributed by atoms with Gasteiger partial charge in [0.05, 0.1) is 0 Å². The van der Waals surface area contributed by atoms with Crippen molar-refractivity contribution in [3.63, 3.8) is 0 Å². The van der Waals surface area contributed by atoms with Crippen molar-refractivity contribution in [2.75, 3.05) is 0 Å². The van der Waals surface area contributed by atoms with E-state index in [1.807, 2.05) is 0 Å². The van der Waals surface area contributed by atoms with Gasteiger partial charge < -0.3 is 0 Å². The van der Waals surface area contributed by atoms with Gasteiger partial charge in [-0.2, -0.15) is 16.8 Å². The number of hydrogen-bond donors (Lipinski definition) is 0. The molecule has 0 unspecified atom stereocenters. The third-order valence-electron chi connectivity index (χ3n) is 2.37. The third-order valence-corrected chi connectivity index (χ3v) is 3.40. The van der Waals surface area contributed by atoms with E-state index < -0.39 is 20.6 Å². The van der Waals surface area contributed by atoms with Crippen LogP contribution in [0.25, 0.3) is 0 Å². The summed E-state index contributed by atoms with van der Waals surface area (Å²) in [5.41, 5.74) is 1.49. The van der Waals surface area contributed by atoms with Crippen molar-refractivity contribution in [1.29, 1.82) is 0 Å². The van der Waals surface area contributed by atoms with Crippen LogP contribution < -0.4 is 0 Å². The molecule has 102 valence electrons. The second-order valence-corrected chi connectivity index (χ2v) is 5.50. The van der Waals surface area contributed by atoms with Crippen molar-refractivity contribution < 1.29 is 16.8 Å². The van der Waals surface area contributed by atoms with Crippen LogP contribution in [0.1, 0.15) is 52.4 Å². The predicted molar refractivity (Wildman–Crippen MR) is 73.9 cm³/mol. The fraction of sp³-hybridized carbons (Fsp3) is 0.667. The lowest BCUT2D eigenvalue weighted by molar-refractivity contribution is 0.625. The Labute approximate surface area is 111 Å². The van der Waals surface area contributed by atoms with Crippen LogP contribution in [0.4, 0.5) is 0 Å². The third kappa shape index (κ3) is 11.4. The van der Waals surface area contributed by atoms with E-state index in [1.165, 1.54) is 0 Å². The number of rotatable bonds is 7. The molecular weight excluding hydrogens is 272 g/mol. The van der Waals surface area contributed by atoms with Gasteiger partial charge in [-0.05, 0) is 50.7 Å². The molecule has 0 aromatic heterocycles. The van der Waals surface area contributed by atoms with E-state index in [1.54, 1.807) is 13.8 Å². The highest BCUT2D eigenvalue weighted by Crippen LogP contribution is 2.10. The van der Waals surface area contributed by atoms with E-state index in [0.717, 1.165) is 49.7 Å². The predicted octanol–water partition coefficient (Wildman–Crippen LogP) is 1.78. The van der Waals surface area contributed by atoms with E-state index in [-0.39, 0.29) is 0 Å². The van der Waals surface area contributed by atoms with Crippen molar-refractivity contribution in [3.8, 4) is 0 Å². The van der Waals surface area contributed by atoms with Crippen LogP contribution in [-0.2, 0) is 20.6 Å². The molecule has 0 radical (unpaired) electrons. The van der Waals surface area contributed by atoms with Gasteiger partial charge in [-0.1, -0.05) is 12.8 Å². The summed E-state index contributed by atoms with van der Waals surface area (Å²) in [6.07, 6.45) is 5.32. The normalized spacial score (nSPS) is 9.22. The van der Waals surface area contributed by atoms with E-state index in [0.29, 0.717) is 0 Å². The Balaban J connectivity index is 3.85. The van der Waals surface area contributed by atoms with Gasteiger partial charge in [0.25, 0.3) is 20.6 Å². The zero-order chi connectivity index (χ0) is 14.0. The topological polar surface area (TPSA) is 68.3 Å². The molecule has 0 rings (SSSR count). The summed E-state index contributed by atoms with van der Waals surface area (Å²) < 4.78 is 41.3. The Kier molecular flexibility index (Phi) is 9.33. The Morgan fingerprint density at radius 3 is 1.33 bits per heavy atom. The highest BCUT2D eigenvalue weighted by molar-refractivity contribution is 7.71. The largest absolute Gasteiger partial charge is 0.260 e. The first kappa shape index (κ1) is 16.9. The second kappa shape index (κ2) is 9.92. The minimum Gasteiger partial charge on any atom is -0.176 e. The summed E-state index contributed by atoms with van der Waals surface area (Å²) in [5.74, 6) is 0. The zero-order valence-electron chi connectivity index (χ0n) is 10.7. The van der Waals surface area contributed by atoms with Crippen molar-refractivity contribution in [1.82, 2.24) is 0 Å². The molecule has 4 nitrogen and oxygen atoms in total. The average molecular weight is 290 g/mol. The summed E-state index contributed by atoms with van der Waals surface area (Å²) >= 11 is 0. The lowest BCUT2D eigenvalue weighted by Gasteiger charge is -2.00. The van der Waals surface area contributed by atoms with Gasteiger partial charge in [0.15, 0.2) is 0 Å². The Hall–Kier alpha value is -1.06. The highest BCUT2D eigenvalue weighted by atomic mass is 32.2. The molecule has 6 heteroatoms. The number of allylic oxidation sites excluding steroid dienone is 2. The lowest BCUT2D eigenvalue weighted by atomic mass is 10.1. The first-order valence-corrected chi connectivity index (χ1v) is 7.93. The molecule has 0 aliphatic carbocycles. The molecule has 0 N–H and O–H groups in total. The first-order valence-electron chi connectivity index (χ1n) is 5.78. The van der Waals surface area contributed by atoms with Crippen LogP contribution in [0.15, 0.2) is 11.1 Å². The molecule has 0 saturated heterocycles. The minimum atomic E-state index is -2.22. The first-order chi connectivity index (χ1) is 8.41. The lowest BCUT2D eigenvalue weighted by Crippen LogP contribution is -1.84. The van der Waals surface area contributed by atoms with Gasteiger partial charge in [0.2, 0.25) is 0 Å². The Morgan fingerprint density at radius 2 is 1.06 bits per heavy atom. The van der Waals surface area contributed by atoms with Gasteiger partial charge >= 0.3 is 0 Å². The summed E-state index contributed by atoms with van der Waals surface area (Å²) in [6, 6.07) is 0. The van der Waals surface area contributed by atoms with Crippen LogP contribution in [0.3, 0.4) is 0 Å². The molecule has 0 atom stereocenters. The van der Waals surface area contributed by atoms with Crippen LogP contribution in [0.2, 0.25) is 0 Å². The summed E-state index contributed by atoms with van der Waals surface area (Å²) in [7, 11) is -4.45. The van der Waals surface area contributed by atoms with E-state index >= 15 is 0 Å². The van der Waals surface area contributed by atoms with Gasteiger partial charge in [0, 0.05) is 10.0 Å². The molecule has 0 aliphatic heterocycles. The van der Waals surface area contributed by atoms with Crippen LogP contribution >= 0.6 is 0 Å². The molecule has 0 saturated carbocycles. The fourth-order valence-electron chi connectivity index (χ4n) is 1.52. The second-order valence-electron chi connectivity index (χ2n) is 4.15. The number of hydrogen-bond acceptors (Lipinski definition) is 4. The van der Waals surface area contributed by atoms with E-state index in [2.05, 4.69) is 10.0 Å². The van der Waals surface area contributed by atoms with Crippen molar-refractivity contribution in [2.24, 2.45) is 0 Å². The molecule has 0 heterocycles. The Bertz CT molecular complexity index is 524. The van der Waals surface area contributed by atoms with Gasteiger partial charge in [-0.15, -0.1) is 0 Å². The van der Waals surface area contributed by atoms with Gasteiger partial charge in [0.1, 0.15) is 0 Å². The maximum atomic E-state index is 10.3. The van der Waals surface area contributed by atoms with Crippen LogP contribution in [-0.4, -0.2) is 26.9 Å². The van der Waals surface area contributed by atoms with Crippen molar-refractivity contribution >= 4 is 30.6 Å². The van der Waals surface area contributed by atoms with Crippen molar-refractivity contribution in [2.45, 2.75) is 52.4 Å². The quantitative estimate of drug-likeness (QED) is 0.529. The van der Waals surface area contributed by atoms with E-state index in [4.69, 9.17) is 0 Å². The molecule has 0 aromatic rings. The van der Waals surface area contributed by atoms with Gasteiger partial charge in [-0.25, -0.2) is 0 Å². The molecule has 0 spiro atoms. The van der Waals surface area contributed by atoms with Crippen molar-refractivity contribution in [3.05, 3.63) is 11.1 Å². The number of unbranched alkanes of at least 4 members (excludes halogenated alkanes) is 3. The smallest absolute Gasteiger partial charge is 0.176 e. The molecule has 0 aliphatic rings. The summed E-state index contributed by atoms with van der Waals surface area (Å²) in [6.45, 7) is 3.50. The standard InChI is InChI=1S/C12H18O4S2/c1-11(9-17(13)14)7-5-3-4-6-8-12(2)10-18(15)16/h3-8H2,1-2H3. The monoisotopic (exact) mass is 290 g/mol.